The standard InChI is InChI=1S/C22H18N2O4S/c1-15-12-18(10-11-20(15)24(27)28)23-22(26)17-8-5-9-19(13-17)29-14-21(25)16-6-3-2-4-7-16/h2-13H,14H2,1H3,(H,23,26). The van der Waals surface area contributed by atoms with Gasteiger partial charge in [-0.15, -0.1) is 11.8 Å². The number of benzene rings is 3. The van der Waals surface area contributed by atoms with Gasteiger partial charge in [0, 0.05) is 33.3 Å². The highest BCUT2D eigenvalue weighted by Gasteiger charge is 2.13. The van der Waals surface area contributed by atoms with Gasteiger partial charge in [-0.25, -0.2) is 0 Å². The van der Waals surface area contributed by atoms with Crippen LogP contribution in [0.5, 0.6) is 0 Å². The number of carbonyl (C=O) groups excluding carboxylic acids is 2. The normalized spacial score (nSPS) is 10.4. The second-order valence-corrected chi connectivity index (χ2v) is 7.37. The Hall–Kier alpha value is -3.45. The molecule has 0 bridgehead atoms. The third-order valence-corrected chi connectivity index (χ3v) is 5.21. The molecule has 0 spiro atoms. The zero-order chi connectivity index (χ0) is 20.8. The van der Waals surface area contributed by atoms with Gasteiger partial charge in [0.05, 0.1) is 10.7 Å². The minimum atomic E-state index is -0.460. The van der Waals surface area contributed by atoms with E-state index in [0.717, 1.165) is 4.90 Å². The van der Waals surface area contributed by atoms with Crippen LogP contribution < -0.4 is 5.32 Å². The summed E-state index contributed by atoms with van der Waals surface area (Å²) in [5.41, 5.74) is 2.05. The Morgan fingerprint density at radius 1 is 0.966 bits per heavy atom. The van der Waals surface area contributed by atoms with Gasteiger partial charge in [0.15, 0.2) is 5.78 Å². The predicted octanol–water partition coefficient (Wildman–Crippen LogP) is 5.13. The molecule has 0 aromatic heterocycles. The molecule has 0 saturated carbocycles. The summed E-state index contributed by atoms with van der Waals surface area (Å²) in [5, 5.41) is 13.7. The van der Waals surface area contributed by atoms with Gasteiger partial charge in [-0.1, -0.05) is 36.4 Å². The number of nitro benzene ring substituents is 1. The van der Waals surface area contributed by atoms with Gasteiger partial charge >= 0.3 is 0 Å². The highest BCUT2D eigenvalue weighted by atomic mass is 32.2. The topological polar surface area (TPSA) is 89.3 Å². The van der Waals surface area contributed by atoms with Crippen LogP contribution in [0.2, 0.25) is 0 Å². The lowest BCUT2D eigenvalue weighted by Gasteiger charge is -2.08. The molecular weight excluding hydrogens is 388 g/mol. The molecule has 0 aliphatic carbocycles. The van der Waals surface area contributed by atoms with E-state index in [0.29, 0.717) is 22.4 Å². The fourth-order valence-corrected chi connectivity index (χ4v) is 3.57. The number of hydrogen-bond donors (Lipinski definition) is 1. The highest BCUT2D eigenvalue weighted by molar-refractivity contribution is 8.00. The van der Waals surface area contributed by atoms with Crippen molar-refractivity contribution in [1.29, 1.82) is 0 Å². The van der Waals surface area contributed by atoms with Gasteiger partial charge in [0.25, 0.3) is 11.6 Å². The third-order valence-electron chi connectivity index (χ3n) is 4.21. The number of rotatable bonds is 7. The summed E-state index contributed by atoms with van der Waals surface area (Å²) < 4.78 is 0. The van der Waals surface area contributed by atoms with Crippen molar-refractivity contribution in [3.63, 3.8) is 0 Å². The predicted molar refractivity (Wildman–Crippen MR) is 114 cm³/mol. The van der Waals surface area contributed by atoms with Gasteiger partial charge in [0.1, 0.15) is 0 Å². The average Bonchev–Trinajstić information content (AvgIpc) is 2.72. The summed E-state index contributed by atoms with van der Waals surface area (Å²) in [4.78, 5) is 36.0. The smallest absolute Gasteiger partial charge is 0.272 e. The van der Waals surface area contributed by atoms with E-state index in [9.17, 15) is 19.7 Å². The number of hydrogen-bond acceptors (Lipinski definition) is 5. The molecule has 0 aliphatic rings. The number of amides is 1. The number of Topliss-reactive ketones (excluding diaryl/α,β-unsaturated/α-hetero) is 1. The van der Waals surface area contributed by atoms with E-state index in [1.807, 2.05) is 24.3 Å². The number of ketones is 1. The number of nitro groups is 1. The molecule has 1 amide bonds. The van der Waals surface area contributed by atoms with Gasteiger partial charge in [-0.3, -0.25) is 19.7 Å². The Kier molecular flexibility index (Phi) is 6.41. The van der Waals surface area contributed by atoms with Crippen molar-refractivity contribution in [1.82, 2.24) is 0 Å². The van der Waals surface area contributed by atoms with E-state index in [4.69, 9.17) is 0 Å². The molecule has 0 atom stereocenters. The minimum absolute atomic E-state index is 0.00415. The molecule has 3 rings (SSSR count). The lowest BCUT2D eigenvalue weighted by atomic mass is 10.1. The zero-order valence-electron chi connectivity index (χ0n) is 15.6. The molecule has 1 N–H and O–H groups in total. The number of nitrogens with one attached hydrogen (secondary N) is 1. The maximum atomic E-state index is 12.5. The molecule has 3 aromatic carbocycles. The lowest BCUT2D eigenvalue weighted by Crippen LogP contribution is -2.12. The van der Waals surface area contributed by atoms with Crippen LogP contribution in [0.1, 0.15) is 26.3 Å². The first kappa shape index (κ1) is 20.3. The molecule has 0 saturated heterocycles. The summed E-state index contributed by atoms with van der Waals surface area (Å²) in [5.74, 6) is -0.0294. The summed E-state index contributed by atoms with van der Waals surface area (Å²) in [7, 11) is 0. The maximum absolute atomic E-state index is 12.5. The lowest BCUT2D eigenvalue weighted by molar-refractivity contribution is -0.385. The van der Waals surface area contributed by atoms with E-state index in [2.05, 4.69) is 5.32 Å². The average molecular weight is 406 g/mol. The largest absolute Gasteiger partial charge is 0.322 e. The van der Waals surface area contributed by atoms with Crippen LogP contribution in [-0.2, 0) is 0 Å². The molecule has 146 valence electrons. The summed E-state index contributed by atoms with van der Waals surface area (Å²) in [6.45, 7) is 1.62. The number of aryl methyl sites for hydroxylation is 1. The van der Waals surface area contributed by atoms with Crippen molar-refractivity contribution in [2.24, 2.45) is 0 Å². The van der Waals surface area contributed by atoms with Gasteiger partial charge in [-0.05, 0) is 37.3 Å². The zero-order valence-corrected chi connectivity index (χ0v) is 16.4. The first-order chi connectivity index (χ1) is 13.9. The summed E-state index contributed by atoms with van der Waals surface area (Å²) in [6, 6.07) is 20.5. The van der Waals surface area contributed by atoms with Crippen molar-refractivity contribution >= 4 is 34.8 Å². The van der Waals surface area contributed by atoms with Crippen molar-refractivity contribution in [2.75, 3.05) is 11.1 Å². The molecule has 29 heavy (non-hydrogen) atoms. The maximum Gasteiger partial charge on any atom is 0.272 e. The number of thioether (sulfide) groups is 1. The summed E-state index contributed by atoms with van der Waals surface area (Å²) in [6.07, 6.45) is 0. The Balaban J connectivity index is 1.65. The van der Waals surface area contributed by atoms with Crippen LogP contribution in [0.4, 0.5) is 11.4 Å². The van der Waals surface area contributed by atoms with Crippen molar-refractivity contribution in [2.45, 2.75) is 11.8 Å². The van der Waals surface area contributed by atoms with Crippen LogP contribution in [-0.4, -0.2) is 22.4 Å². The van der Waals surface area contributed by atoms with Gasteiger partial charge in [0.2, 0.25) is 0 Å². The van der Waals surface area contributed by atoms with Gasteiger partial charge < -0.3 is 5.32 Å². The number of anilines is 1. The third kappa shape index (κ3) is 5.30. The fourth-order valence-electron chi connectivity index (χ4n) is 2.72. The van der Waals surface area contributed by atoms with Crippen LogP contribution in [0, 0.1) is 17.0 Å². The van der Waals surface area contributed by atoms with E-state index in [1.54, 1.807) is 43.3 Å². The molecule has 0 aliphatic heterocycles. The molecule has 3 aromatic rings. The molecular formula is C22H18N2O4S. The first-order valence-corrected chi connectivity index (χ1v) is 9.80. The van der Waals surface area contributed by atoms with Crippen LogP contribution >= 0.6 is 11.8 Å². The minimum Gasteiger partial charge on any atom is -0.322 e. The number of carbonyl (C=O) groups is 2. The molecule has 0 radical (unpaired) electrons. The second-order valence-electron chi connectivity index (χ2n) is 6.32. The van der Waals surface area contributed by atoms with Gasteiger partial charge in [-0.2, -0.15) is 0 Å². The van der Waals surface area contributed by atoms with Crippen LogP contribution in [0.25, 0.3) is 0 Å². The molecule has 0 unspecified atom stereocenters. The quantitative estimate of drug-likeness (QED) is 0.254. The SMILES string of the molecule is Cc1cc(NC(=O)c2cccc(SCC(=O)c3ccccc3)c2)ccc1[N+](=O)[O-]. The van der Waals surface area contributed by atoms with E-state index < -0.39 is 4.92 Å². The van der Waals surface area contributed by atoms with E-state index >= 15 is 0 Å². The Bertz CT molecular complexity index is 1070. The van der Waals surface area contributed by atoms with E-state index in [-0.39, 0.29) is 23.1 Å². The highest BCUT2D eigenvalue weighted by Crippen LogP contribution is 2.23. The van der Waals surface area contributed by atoms with E-state index in [1.165, 1.54) is 23.9 Å². The Morgan fingerprint density at radius 3 is 2.38 bits per heavy atom. The van der Waals surface area contributed by atoms with Crippen molar-refractivity contribution in [3.8, 4) is 0 Å². The second kappa shape index (κ2) is 9.16. The molecule has 0 fully saturated rings. The Morgan fingerprint density at radius 2 is 1.69 bits per heavy atom. The monoisotopic (exact) mass is 406 g/mol. The summed E-state index contributed by atoms with van der Waals surface area (Å²) >= 11 is 1.36. The molecule has 7 heteroatoms. The number of nitrogens with zero attached hydrogens (tertiary/aromatic N) is 1. The first-order valence-electron chi connectivity index (χ1n) is 8.81. The fraction of sp³-hybridized carbons (Fsp3) is 0.0909. The Labute approximate surface area is 172 Å². The van der Waals surface area contributed by atoms with Crippen LogP contribution in [0.15, 0.2) is 77.7 Å². The van der Waals surface area contributed by atoms with Crippen molar-refractivity contribution < 1.29 is 14.5 Å². The molecule has 0 heterocycles. The van der Waals surface area contributed by atoms with Crippen molar-refractivity contribution in [3.05, 3.63) is 99.6 Å². The van der Waals surface area contributed by atoms with Crippen LogP contribution in [0.3, 0.4) is 0 Å². The molecule has 6 nitrogen and oxygen atoms in total.